The van der Waals surface area contributed by atoms with Crippen LogP contribution in [0.5, 0.6) is 0 Å². The Balaban J connectivity index is 2.21. The molecule has 92 valence electrons. The van der Waals surface area contributed by atoms with Crippen molar-refractivity contribution < 1.29 is 4.79 Å². The van der Waals surface area contributed by atoms with E-state index in [1.165, 1.54) is 6.20 Å². The van der Waals surface area contributed by atoms with E-state index in [1.54, 1.807) is 12.1 Å². The van der Waals surface area contributed by atoms with Gasteiger partial charge < -0.3 is 11.1 Å². The number of halogens is 1. The number of carbonyl (C=O) groups is 1. The number of pyridine rings is 1. The third kappa shape index (κ3) is 2.87. The monoisotopic (exact) mass is 305 g/mol. The second-order valence-corrected chi connectivity index (χ2v) is 4.80. The molecule has 0 atom stereocenters. The Morgan fingerprint density at radius 1 is 1.33 bits per heavy atom. The Morgan fingerprint density at radius 3 is 2.78 bits per heavy atom. The van der Waals surface area contributed by atoms with Crippen molar-refractivity contribution in [2.75, 3.05) is 11.1 Å². The lowest BCUT2D eigenvalue weighted by Gasteiger charge is -2.08. The molecule has 1 heterocycles. The van der Waals surface area contributed by atoms with Gasteiger partial charge in [0, 0.05) is 16.4 Å². The maximum Gasteiger partial charge on any atom is 0.257 e. The zero-order valence-corrected chi connectivity index (χ0v) is 11.4. The predicted octanol–water partition coefficient (Wildman–Crippen LogP) is 2.99. The van der Waals surface area contributed by atoms with E-state index in [9.17, 15) is 4.79 Å². The smallest absolute Gasteiger partial charge is 0.257 e. The molecule has 2 aromatic rings. The summed E-state index contributed by atoms with van der Waals surface area (Å²) in [4.78, 5) is 15.9. The summed E-state index contributed by atoms with van der Waals surface area (Å²) in [6.07, 6.45) is 1.46. The number of amides is 1. The predicted molar refractivity (Wildman–Crippen MR) is 75.5 cm³/mol. The van der Waals surface area contributed by atoms with Crippen LogP contribution in [0.1, 0.15) is 15.9 Å². The van der Waals surface area contributed by atoms with Crippen molar-refractivity contribution in [3.05, 3.63) is 52.1 Å². The van der Waals surface area contributed by atoms with Gasteiger partial charge in [0.15, 0.2) is 0 Å². The highest BCUT2D eigenvalue weighted by atomic mass is 79.9. The fraction of sp³-hybridized carbons (Fsp3) is 0.0769. The van der Waals surface area contributed by atoms with Gasteiger partial charge in [0.05, 0.1) is 5.56 Å². The van der Waals surface area contributed by atoms with Crippen LogP contribution in [0, 0.1) is 6.92 Å². The first-order valence-corrected chi connectivity index (χ1v) is 6.14. The molecule has 18 heavy (non-hydrogen) atoms. The maximum atomic E-state index is 12.0. The highest BCUT2D eigenvalue weighted by molar-refractivity contribution is 9.10. The minimum atomic E-state index is -0.205. The molecule has 0 spiro atoms. The molecule has 1 amide bonds. The van der Waals surface area contributed by atoms with Crippen molar-refractivity contribution in [2.45, 2.75) is 6.92 Å². The maximum absolute atomic E-state index is 12.0. The molecule has 0 aliphatic carbocycles. The minimum Gasteiger partial charge on any atom is -0.384 e. The summed E-state index contributed by atoms with van der Waals surface area (Å²) < 4.78 is 0.916. The van der Waals surface area contributed by atoms with Gasteiger partial charge in [-0.1, -0.05) is 22.0 Å². The van der Waals surface area contributed by atoms with Crippen molar-refractivity contribution in [3.63, 3.8) is 0 Å². The van der Waals surface area contributed by atoms with E-state index in [1.807, 2.05) is 25.1 Å². The lowest BCUT2D eigenvalue weighted by molar-refractivity contribution is 0.102. The Hall–Kier alpha value is -1.88. The number of nitrogens with zero attached hydrogens (tertiary/aromatic N) is 1. The van der Waals surface area contributed by atoms with Crippen LogP contribution in [-0.4, -0.2) is 10.9 Å². The lowest BCUT2D eigenvalue weighted by Crippen LogP contribution is -2.13. The first-order chi connectivity index (χ1) is 8.56. The van der Waals surface area contributed by atoms with Gasteiger partial charge in [-0.2, -0.15) is 0 Å². The van der Waals surface area contributed by atoms with Gasteiger partial charge in [0.2, 0.25) is 0 Å². The fourth-order valence-corrected chi connectivity index (χ4v) is 1.82. The van der Waals surface area contributed by atoms with Gasteiger partial charge in [-0.05, 0) is 36.8 Å². The van der Waals surface area contributed by atoms with Gasteiger partial charge in [0.25, 0.3) is 5.91 Å². The minimum absolute atomic E-state index is 0.205. The Kier molecular flexibility index (Phi) is 3.62. The molecular weight excluding hydrogens is 294 g/mol. The van der Waals surface area contributed by atoms with E-state index in [-0.39, 0.29) is 5.91 Å². The van der Waals surface area contributed by atoms with Gasteiger partial charge in [0.1, 0.15) is 5.82 Å². The van der Waals surface area contributed by atoms with Crippen LogP contribution >= 0.6 is 15.9 Å². The highest BCUT2D eigenvalue weighted by Crippen LogP contribution is 2.21. The van der Waals surface area contributed by atoms with Crippen molar-refractivity contribution in [2.24, 2.45) is 0 Å². The SMILES string of the molecule is Cc1ccc(Br)cc1NC(=O)c1ccc(N)nc1. The lowest BCUT2D eigenvalue weighted by atomic mass is 10.2. The topological polar surface area (TPSA) is 68.0 Å². The summed E-state index contributed by atoms with van der Waals surface area (Å²) in [5, 5.41) is 2.84. The number of aryl methyl sites for hydroxylation is 1. The average molecular weight is 306 g/mol. The van der Waals surface area contributed by atoms with Crippen LogP contribution in [0.15, 0.2) is 41.0 Å². The largest absolute Gasteiger partial charge is 0.384 e. The van der Waals surface area contributed by atoms with Gasteiger partial charge >= 0.3 is 0 Å². The Labute approximate surface area is 113 Å². The highest BCUT2D eigenvalue weighted by Gasteiger charge is 2.08. The quantitative estimate of drug-likeness (QED) is 0.896. The van der Waals surface area contributed by atoms with Gasteiger partial charge in [-0.25, -0.2) is 4.98 Å². The van der Waals surface area contributed by atoms with E-state index in [0.717, 1.165) is 15.7 Å². The number of hydrogen-bond acceptors (Lipinski definition) is 3. The average Bonchev–Trinajstić information content (AvgIpc) is 2.34. The molecule has 0 fully saturated rings. The zero-order valence-electron chi connectivity index (χ0n) is 9.77. The molecule has 1 aromatic heterocycles. The van der Waals surface area contributed by atoms with Crippen LogP contribution in [0.3, 0.4) is 0 Å². The molecule has 0 aliphatic rings. The number of aromatic nitrogens is 1. The van der Waals surface area contributed by atoms with Crippen LogP contribution in [0.2, 0.25) is 0 Å². The van der Waals surface area contributed by atoms with Gasteiger partial charge in [-0.15, -0.1) is 0 Å². The van der Waals surface area contributed by atoms with Crippen molar-refractivity contribution in [1.82, 2.24) is 4.98 Å². The first kappa shape index (κ1) is 12.6. The van der Waals surface area contributed by atoms with E-state index < -0.39 is 0 Å². The molecular formula is C13H12BrN3O. The molecule has 0 bridgehead atoms. The summed E-state index contributed by atoms with van der Waals surface area (Å²) in [5.74, 6) is 0.189. The van der Waals surface area contributed by atoms with E-state index in [0.29, 0.717) is 11.4 Å². The molecule has 1 aromatic carbocycles. The van der Waals surface area contributed by atoms with Gasteiger partial charge in [-0.3, -0.25) is 4.79 Å². The molecule has 2 rings (SSSR count). The molecule has 0 unspecified atom stereocenters. The van der Waals surface area contributed by atoms with E-state index >= 15 is 0 Å². The number of nitrogen functional groups attached to an aromatic ring is 1. The molecule has 0 saturated heterocycles. The number of nitrogens with two attached hydrogens (primary N) is 1. The van der Waals surface area contributed by atoms with Crippen LogP contribution < -0.4 is 11.1 Å². The summed E-state index contributed by atoms with van der Waals surface area (Å²) >= 11 is 3.37. The second-order valence-electron chi connectivity index (χ2n) is 3.89. The zero-order chi connectivity index (χ0) is 13.1. The summed E-state index contributed by atoms with van der Waals surface area (Å²) in [5.41, 5.74) is 7.71. The molecule has 0 saturated carbocycles. The second kappa shape index (κ2) is 5.18. The summed E-state index contributed by atoms with van der Waals surface area (Å²) in [7, 11) is 0. The third-order valence-corrected chi connectivity index (χ3v) is 2.99. The van der Waals surface area contributed by atoms with Crippen LogP contribution in [0.4, 0.5) is 11.5 Å². The summed E-state index contributed by atoms with van der Waals surface area (Å²) in [6.45, 7) is 1.93. The molecule has 4 nitrogen and oxygen atoms in total. The number of anilines is 2. The van der Waals surface area contributed by atoms with E-state index in [4.69, 9.17) is 5.73 Å². The Bertz CT molecular complexity index is 581. The van der Waals surface area contributed by atoms with Crippen LogP contribution in [0.25, 0.3) is 0 Å². The van der Waals surface area contributed by atoms with Crippen molar-refractivity contribution in [3.8, 4) is 0 Å². The number of nitrogens with one attached hydrogen (secondary N) is 1. The summed E-state index contributed by atoms with van der Waals surface area (Å²) in [6, 6.07) is 8.96. The molecule has 3 N–H and O–H groups in total. The normalized spacial score (nSPS) is 10.1. The third-order valence-electron chi connectivity index (χ3n) is 2.50. The fourth-order valence-electron chi connectivity index (χ4n) is 1.46. The molecule has 0 aliphatic heterocycles. The van der Waals surface area contributed by atoms with Crippen molar-refractivity contribution in [1.29, 1.82) is 0 Å². The standard InChI is InChI=1S/C13H12BrN3O/c1-8-2-4-10(14)6-11(8)17-13(18)9-3-5-12(15)16-7-9/h2-7H,1H3,(H2,15,16)(H,17,18). The van der Waals surface area contributed by atoms with E-state index in [2.05, 4.69) is 26.2 Å². The number of carbonyl (C=O) groups excluding carboxylic acids is 1. The number of hydrogen-bond donors (Lipinski definition) is 2. The molecule has 5 heteroatoms. The number of benzene rings is 1. The van der Waals surface area contributed by atoms with Crippen LogP contribution in [-0.2, 0) is 0 Å². The molecule has 0 radical (unpaired) electrons. The number of rotatable bonds is 2. The van der Waals surface area contributed by atoms with Crippen molar-refractivity contribution >= 4 is 33.3 Å². The Morgan fingerprint density at radius 2 is 2.11 bits per heavy atom. The first-order valence-electron chi connectivity index (χ1n) is 5.35.